The van der Waals surface area contributed by atoms with E-state index in [0.29, 0.717) is 40.4 Å². The van der Waals surface area contributed by atoms with Crippen molar-refractivity contribution in [2.45, 2.75) is 12.8 Å². The Hall–Kier alpha value is -2.64. The molecule has 1 saturated heterocycles. The van der Waals surface area contributed by atoms with Gasteiger partial charge in [-0.3, -0.25) is 14.1 Å². The predicted octanol–water partition coefficient (Wildman–Crippen LogP) is 4.07. The van der Waals surface area contributed by atoms with E-state index in [0.717, 1.165) is 11.8 Å². The van der Waals surface area contributed by atoms with Crippen molar-refractivity contribution >= 4 is 49.8 Å². The second-order valence-electron chi connectivity index (χ2n) is 6.60. The number of aromatic nitrogens is 1. The van der Waals surface area contributed by atoms with Crippen LogP contribution in [0.1, 0.15) is 23.2 Å². The molecule has 1 aromatic heterocycles. The summed E-state index contributed by atoms with van der Waals surface area (Å²) in [5.41, 5.74) is 1.94. The van der Waals surface area contributed by atoms with E-state index in [2.05, 4.69) is 10.3 Å². The van der Waals surface area contributed by atoms with E-state index in [-0.39, 0.29) is 11.7 Å². The van der Waals surface area contributed by atoms with Gasteiger partial charge in [0.2, 0.25) is 10.0 Å². The highest BCUT2D eigenvalue weighted by Gasteiger charge is 2.28. The van der Waals surface area contributed by atoms with Gasteiger partial charge in [0.25, 0.3) is 5.91 Å². The lowest BCUT2D eigenvalue weighted by Crippen LogP contribution is -2.38. The third-order valence-electron chi connectivity index (χ3n) is 4.71. The van der Waals surface area contributed by atoms with Gasteiger partial charge >= 0.3 is 0 Å². The van der Waals surface area contributed by atoms with Crippen LogP contribution < -0.4 is 9.62 Å². The number of pyridine rings is 1. The molecule has 2 aromatic carbocycles. The molecule has 0 unspecified atom stereocenters. The maximum absolute atomic E-state index is 12.8. The number of hydrogen-bond acceptors (Lipinski definition) is 4. The SMILES string of the molecule is O=C(Nc1cccc2cccnc12)c1ccc(Cl)c(N2CCCCS2(=O)=O)c1. The summed E-state index contributed by atoms with van der Waals surface area (Å²) >= 11 is 6.25. The highest BCUT2D eigenvalue weighted by Crippen LogP contribution is 2.32. The topological polar surface area (TPSA) is 79.4 Å². The van der Waals surface area contributed by atoms with Gasteiger partial charge in [-0.25, -0.2) is 8.42 Å². The normalized spacial score (nSPS) is 16.1. The molecule has 8 heteroatoms. The molecule has 1 amide bonds. The highest BCUT2D eigenvalue weighted by atomic mass is 35.5. The van der Waals surface area contributed by atoms with Gasteiger partial charge in [0, 0.05) is 23.7 Å². The number of halogens is 1. The summed E-state index contributed by atoms with van der Waals surface area (Å²) in [5, 5.41) is 4.07. The number of rotatable bonds is 3. The summed E-state index contributed by atoms with van der Waals surface area (Å²) in [4.78, 5) is 17.1. The van der Waals surface area contributed by atoms with Crippen LogP contribution in [0.5, 0.6) is 0 Å². The van der Waals surface area contributed by atoms with Crippen molar-refractivity contribution in [3.8, 4) is 0 Å². The largest absolute Gasteiger partial charge is 0.320 e. The van der Waals surface area contributed by atoms with Crippen molar-refractivity contribution < 1.29 is 13.2 Å². The Balaban J connectivity index is 1.67. The Morgan fingerprint density at radius 3 is 2.75 bits per heavy atom. The summed E-state index contributed by atoms with van der Waals surface area (Å²) in [6.45, 7) is 0.361. The zero-order valence-electron chi connectivity index (χ0n) is 14.9. The van der Waals surface area contributed by atoms with Gasteiger partial charge in [0.05, 0.1) is 27.7 Å². The number of carbonyl (C=O) groups excluding carboxylic acids is 1. The Morgan fingerprint density at radius 1 is 1.11 bits per heavy atom. The number of benzene rings is 2. The lowest BCUT2D eigenvalue weighted by molar-refractivity contribution is 0.102. The van der Waals surface area contributed by atoms with E-state index in [1.54, 1.807) is 24.4 Å². The van der Waals surface area contributed by atoms with Crippen LogP contribution in [-0.4, -0.2) is 31.6 Å². The summed E-state index contributed by atoms with van der Waals surface area (Å²) in [7, 11) is -3.42. The second-order valence-corrected chi connectivity index (χ2v) is 9.02. The van der Waals surface area contributed by atoms with Crippen LogP contribution in [-0.2, 0) is 10.0 Å². The molecular weight excluding hydrogens is 398 g/mol. The first kappa shape index (κ1) is 18.7. The van der Waals surface area contributed by atoms with Gasteiger partial charge in [-0.15, -0.1) is 0 Å². The maximum atomic E-state index is 12.8. The first-order chi connectivity index (χ1) is 13.5. The molecule has 6 nitrogen and oxygen atoms in total. The van der Waals surface area contributed by atoms with E-state index < -0.39 is 10.0 Å². The number of nitrogens with zero attached hydrogens (tertiary/aromatic N) is 2. The number of carbonyl (C=O) groups is 1. The molecular formula is C20H18ClN3O3S. The fraction of sp³-hybridized carbons (Fsp3) is 0.200. The fourth-order valence-corrected chi connectivity index (χ4v) is 5.22. The molecule has 0 aliphatic carbocycles. The average molecular weight is 416 g/mol. The smallest absolute Gasteiger partial charge is 0.255 e. The molecule has 1 fully saturated rings. The molecule has 4 rings (SSSR count). The monoisotopic (exact) mass is 415 g/mol. The minimum absolute atomic E-state index is 0.0847. The molecule has 1 aliphatic heterocycles. The van der Waals surface area contributed by atoms with Crippen molar-refractivity contribution in [2.75, 3.05) is 21.9 Å². The molecule has 0 atom stereocenters. The number of amides is 1. The Morgan fingerprint density at radius 2 is 1.93 bits per heavy atom. The van der Waals surface area contributed by atoms with Crippen molar-refractivity contribution in [1.29, 1.82) is 0 Å². The van der Waals surface area contributed by atoms with Crippen LogP contribution in [0.2, 0.25) is 5.02 Å². The van der Waals surface area contributed by atoms with Gasteiger partial charge < -0.3 is 5.32 Å². The number of para-hydroxylation sites is 1. The van der Waals surface area contributed by atoms with Crippen LogP contribution in [0, 0.1) is 0 Å². The van der Waals surface area contributed by atoms with Crippen LogP contribution in [0.3, 0.4) is 0 Å². The number of fused-ring (bicyclic) bond motifs is 1. The molecule has 144 valence electrons. The molecule has 0 radical (unpaired) electrons. The van der Waals surface area contributed by atoms with Crippen LogP contribution in [0.15, 0.2) is 54.7 Å². The van der Waals surface area contributed by atoms with E-state index >= 15 is 0 Å². The minimum atomic E-state index is -3.42. The van der Waals surface area contributed by atoms with E-state index in [1.807, 2.05) is 24.3 Å². The molecule has 0 spiro atoms. The van der Waals surface area contributed by atoms with Crippen molar-refractivity contribution in [3.05, 3.63) is 65.3 Å². The maximum Gasteiger partial charge on any atom is 0.255 e. The second kappa shape index (κ2) is 7.41. The number of sulfonamides is 1. The zero-order valence-corrected chi connectivity index (χ0v) is 16.5. The zero-order chi connectivity index (χ0) is 19.7. The molecule has 0 bridgehead atoms. The lowest BCUT2D eigenvalue weighted by Gasteiger charge is -2.29. The van der Waals surface area contributed by atoms with Crippen molar-refractivity contribution in [2.24, 2.45) is 0 Å². The van der Waals surface area contributed by atoms with Crippen LogP contribution >= 0.6 is 11.6 Å². The van der Waals surface area contributed by atoms with Gasteiger partial charge in [-0.1, -0.05) is 29.8 Å². The first-order valence-electron chi connectivity index (χ1n) is 8.91. The van der Waals surface area contributed by atoms with Crippen molar-refractivity contribution in [1.82, 2.24) is 4.98 Å². The highest BCUT2D eigenvalue weighted by molar-refractivity contribution is 7.92. The van der Waals surface area contributed by atoms with Crippen LogP contribution in [0.4, 0.5) is 11.4 Å². The first-order valence-corrected chi connectivity index (χ1v) is 10.9. The van der Waals surface area contributed by atoms with Gasteiger partial charge in [-0.2, -0.15) is 0 Å². The fourth-order valence-electron chi connectivity index (χ4n) is 3.30. The summed E-state index contributed by atoms with van der Waals surface area (Å²) in [6.07, 6.45) is 3.05. The standard InChI is InChI=1S/C20H18ClN3O3S/c21-16-9-8-15(13-18(16)24-11-1-2-12-28(24,26)27)20(25)23-17-7-3-5-14-6-4-10-22-19(14)17/h3-10,13H,1-2,11-12H2,(H,23,25). The quantitative estimate of drug-likeness (QED) is 0.699. The average Bonchev–Trinajstić information content (AvgIpc) is 2.69. The number of hydrogen-bond donors (Lipinski definition) is 1. The molecule has 28 heavy (non-hydrogen) atoms. The van der Waals surface area contributed by atoms with E-state index in [9.17, 15) is 13.2 Å². The number of anilines is 2. The molecule has 1 N–H and O–H groups in total. The van der Waals surface area contributed by atoms with Gasteiger partial charge in [0.1, 0.15) is 0 Å². The number of nitrogens with one attached hydrogen (secondary N) is 1. The molecule has 3 aromatic rings. The van der Waals surface area contributed by atoms with E-state index in [1.165, 1.54) is 10.4 Å². The van der Waals surface area contributed by atoms with Crippen molar-refractivity contribution in [3.63, 3.8) is 0 Å². The molecule has 0 saturated carbocycles. The Bertz CT molecular complexity index is 1160. The summed E-state index contributed by atoms with van der Waals surface area (Å²) in [5.74, 6) is -0.271. The Labute approximate surface area is 168 Å². The van der Waals surface area contributed by atoms with Crippen LogP contribution in [0.25, 0.3) is 10.9 Å². The summed E-state index contributed by atoms with van der Waals surface area (Å²) in [6, 6.07) is 13.9. The molecule has 1 aliphatic rings. The third kappa shape index (κ3) is 3.55. The van der Waals surface area contributed by atoms with Gasteiger partial charge in [-0.05, 0) is 43.2 Å². The van der Waals surface area contributed by atoms with E-state index in [4.69, 9.17) is 11.6 Å². The Kier molecular flexibility index (Phi) is 4.95. The van der Waals surface area contributed by atoms with Gasteiger partial charge in [0.15, 0.2) is 0 Å². The summed E-state index contributed by atoms with van der Waals surface area (Å²) < 4.78 is 26.1. The lowest BCUT2D eigenvalue weighted by atomic mass is 10.1. The molecule has 2 heterocycles. The minimum Gasteiger partial charge on any atom is -0.320 e. The predicted molar refractivity (Wildman–Crippen MR) is 112 cm³/mol. The third-order valence-corrected chi connectivity index (χ3v) is 6.88.